The van der Waals surface area contributed by atoms with E-state index in [0.717, 1.165) is 60.7 Å². The summed E-state index contributed by atoms with van der Waals surface area (Å²) < 4.78 is 17.7. The third-order valence-electron chi connectivity index (χ3n) is 6.46. The third-order valence-corrected chi connectivity index (χ3v) is 7.12. The second kappa shape index (κ2) is 11.3. The molecule has 4 nitrogen and oxygen atoms in total. The molecule has 1 saturated heterocycles. The van der Waals surface area contributed by atoms with Gasteiger partial charge in [0.2, 0.25) is 0 Å². The first-order valence-corrected chi connectivity index (χ1v) is 12.4. The normalized spacial score (nSPS) is 17.2. The number of piperidine rings is 1. The second-order valence-electron chi connectivity index (χ2n) is 8.74. The molecule has 0 saturated carbocycles. The number of halogens is 1. The lowest BCUT2D eigenvalue weighted by molar-refractivity contribution is 0.146. The van der Waals surface area contributed by atoms with E-state index in [1.807, 2.05) is 0 Å². The number of hydrogen-bond acceptors (Lipinski definition) is 4. The number of aryl methyl sites for hydroxylation is 1. The van der Waals surface area contributed by atoms with Crippen molar-refractivity contribution in [2.75, 3.05) is 46.6 Å². The van der Waals surface area contributed by atoms with Crippen molar-refractivity contribution in [3.63, 3.8) is 0 Å². The van der Waals surface area contributed by atoms with Gasteiger partial charge >= 0.3 is 0 Å². The SMILES string of the molecule is COCCOc1cc(CC2CCN(CCc3ccc4c(c3)CCCO4)CC2)ccc1Br. The van der Waals surface area contributed by atoms with Gasteiger partial charge in [0.15, 0.2) is 0 Å². The predicted molar refractivity (Wildman–Crippen MR) is 128 cm³/mol. The van der Waals surface area contributed by atoms with E-state index < -0.39 is 0 Å². The van der Waals surface area contributed by atoms with E-state index in [0.29, 0.717) is 13.2 Å². The minimum Gasteiger partial charge on any atom is -0.493 e. The van der Waals surface area contributed by atoms with E-state index in [2.05, 4.69) is 57.2 Å². The summed E-state index contributed by atoms with van der Waals surface area (Å²) in [7, 11) is 1.70. The van der Waals surface area contributed by atoms with Gasteiger partial charge in [0.05, 0.1) is 17.7 Å². The van der Waals surface area contributed by atoms with Gasteiger partial charge in [-0.1, -0.05) is 18.2 Å². The molecule has 2 aromatic rings. The molecule has 0 N–H and O–H groups in total. The van der Waals surface area contributed by atoms with Gasteiger partial charge in [-0.2, -0.15) is 0 Å². The van der Waals surface area contributed by atoms with Crippen LogP contribution in [-0.2, 0) is 24.0 Å². The van der Waals surface area contributed by atoms with Crippen LogP contribution in [0.3, 0.4) is 0 Å². The van der Waals surface area contributed by atoms with Crippen LogP contribution in [0.15, 0.2) is 40.9 Å². The minimum absolute atomic E-state index is 0.578. The van der Waals surface area contributed by atoms with E-state index in [1.165, 1.54) is 42.6 Å². The zero-order valence-electron chi connectivity index (χ0n) is 18.6. The molecular formula is C26H34BrNO3. The largest absolute Gasteiger partial charge is 0.493 e. The maximum Gasteiger partial charge on any atom is 0.133 e. The first-order valence-electron chi connectivity index (χ1n) is 11.6. The Morgan fingerprint density at radius 3 is 2.74 bits per heavy atom. The fourth-order valence-corrected chi connectivity index (χ4v) is 4.99. The highest BCUT2D eigenvalue weighted by molar-refractivity contribution is 9.10. The van der Waals surface area contributed by atoms with E-state index in [9.17, 15) is 0 Å². The first kappa shape index (κ1) is 22.6. The van der Waals surface area contributed by atoms with Crippen molar-refractivity contribution in [2.45, 2.75) is 38.5 Å². The molecule has 0 bridgehead atoms. The van der Waals surface area contributed by atoms with E-state index in [1.54, 1.807) is 7.11 Å². The highest BCUT2D eigenvalue weighted by Gasteiger charge is 2.20. The Bertz CT molecular complexity index is 849. The lowest BCUT2D eigenvalue weighted by Crippen LogP contribution is -2.35. The fraction of sp³-hybridized carbons (Fsp3) is 0.538. The predicted octanol–water partition coefficient (Wildman–Crippen LogP) is 5.30. The van der Waals surface area contributed by atoms with Crippen LogP contribution in [0.25, 0.3) is 0 Å². The maximum atomic E-state index is 5.84. The van der Waals surface area contributed by atoms with E-state index in [-0.39, 0.29) is 0 Å². The van der Waals surface area contributed by atoms with Crippen molar-refractivity contribution in [3.05, 3.63) is 57.6 Å². The van der Waals surface area contributed by atoms with Crippen LogP contribution in [0.1, 0.15) is 36.0 Å². The summed E-state index contributed by atoms with van der Waals surface area (Å²) in [6.45, 7) is 5.60. The van der Waals surface area contributed by atoms with Crippen molar-refractivity contribution in [1.82, 2.24) is 4.90 Å². The van der Waals surface area contributed by atoms with Crippen LogP contribution in [0, 0.1) is 5.92 Å². The second-order valence-corrected chi connectivity index (χ2v) is 9.59. The van der Waals surface area contributed by atoms with Crippen LogP contribution in [0.4, 0.5) is 0 Å². The monoisotopic (exact) mass is 487 g/mol. The van der Waals surface area contributed by atoms with Crippen LogP contribution in [0.2, 0.25) is 0 Å². The molecule has 168 valence electrons. The van der Waals surface area contributed by atoms with Crippen LogP contribution in [-0.4, -0.2) is 51.5 Å². The van der Waals surface area contributed by atoms with Crippen molar-refractivity contribution < 1.29 is 14.2 Å². The number of methoxy groups -OCH3 is 1. The molecule has 2 aliphatic rings. The Kier molecular flexibility index (Phi) is 8.28. The number of fused-ring (bicyclic) bond motifs is 1. The molecule has 0 spiro atoms. The molecule has 0 amide bonds. The summed E-state index contributed by atoms with van der Waals surface area (Å²) in [5.74, 6) is 2.77. The molecule has 2 aliphatic heterocycles. The van der Waals surface area contributed by atoms with Crippen molar-refractivity contribution >= 4 is 15.9 Å². The summed E-state index contributed by atoms with van der Waals surface area (Å²) in [6.07, 6.45) is 7.11. The topological polar surface area (TPSA) is 30.9 Å². The lowest BCUT2D eigenvalue weighted by atomic mass is 9.90. The van der Waals surface area contributed by atoms with Crippen molar-refractivity contribution in [1.29, 1.82) is 0 Å². The lowest BCUT2D eigenvalue weighted by Gasteiger charge is -2.32. The molecule has 5 heteroatoms. The van der Waals surface area contributed by atoms with Crippen molar-refractivity contribution in [2.24, 2.45) is 5.92 Å². The molecule has 0 radical (unpaired) electrons. The Morgan fingerprint density at radius 1 is 1.06 bits per heavy atom. The smallest absolute Gasteiger partial charge is 0.133 e. The number of ether oxygens (including phenoxy) is 3. The minimum atomic E-state index is 0.578. The quantitative estimate of drug-likeness (QED) is 0.449. The van der Waals surface area contributed by atoms with Crippen LogP contribution >= 0.6 is 15.9 Å². The molecule has 4 rings (SSSR count). The van der Waals surface area contributed by atoms with E-state index >= 15 is 0 Å². The summed E-state index contributed by atoms with van der Waals surface area (Å²) in [5, 5.41) is 0. The molecule has 0 aromatic heterocycles. The van der Waals surface area contributed by atoms with Crippen LogP contribution in [0.5, 0.6) is 11.5 Å². The maximum absolute atomic E-state index is 5.84. The average Bonchev–Trinajstić information content (AvgIpc) is 2.80. The zero-order chi connectivity index (χ0) is 21.5. The molecule has 2 aromatic carbocycles. The molecular weight excluding hydrogens is 454 g/mol. The highest BCUT2D eigenvalue weighted by atomic mass is 79.9. The number of hydrogen-bond donors (Lipinski definition) is 0. The summed E-state index contributed by atoms with van der Waals surface area (Å²) in [4.78, 5) is 2.63. The van der Waals surface area contributed by atoms with Gasteiger partial charge in [0.25, 0.3) is 0 Å². The number of rotatable bonds is 9. The highest BCUT2D eigenvalue weighted by Crippen LogP contribution is 2.30. The Balaban J connectivity index is 1.22. The average molecular weight is 488 g/mol. The molecule has 0 unspecified atom stereocenters. The van der Waals surface area contributed by atoms with Crippen molar-refractivity contribution in [3.8, 4) is 11.5 Å². The van der Waals surface area contributed by atoms with Gasteiger partial charge in [0, 0.05) is 13.7 Å². The molecule has 0 atom stereocenters. The molecule has 0 aliphatic carbocycles. The molecule has 31 heavy (non-hydrogen) atoms. The number of benzene rings is 2. The van der Waals surface area contributed by atoms with Gasteiger partial charge in [0.1, 0.15) is 18.1 Å². The van der Waals surface area contributed by atoms with Gasteiger partial charge in [-0.05, 0) is 108 Å². The van der Waals surface area contributed by atoms with Gasteiger partial charge in [-0.25, -0.2) is 0 Å². The van der Waals surface area contributed by atoms with Gasteiger partial charge in [-0.3, -0.25) is 0 Å². The first-order chi connectivity index (χ1) is 15.2. The standard InChI is InChI=1S/C26H34BrNO3/c1-29-15-16-31-26-19-22(4-6-24(26)27)17-21-9-12-28(13-10-21)11-8-20-5-7-25-23(18-20)3-2-14-30-25/h4-7,18-19,21H,2-3,8-17H2,1H3. The van der Waals surface area contributed by atoms with Crippen LogP contribution < -0.4 is 9.47 Å². The summed E-state index contributed by atoms with van der Waals surface area (Å²) in [5.41, 5.74) is 4.20. The zero-order valence-corrected chi connectivity index (χ0v) is 20.2. The fourth-order valence-electron chi connectivity index (χ4n) is 4.62. The van der Waals surface area contributed by atoms with Gasteiger partial charge < -0.3 is 19.1 Å². The number of likely N-dealkylation sites (tertiary alicyclic amines) is 1. The van der Waals surface area contributed by atoms with Gasteiger partial charge in [-0.15, -0.1) is 0 Å². The van der Waals surface area contributed by atoms with E-state index in [4.69, 9.17) is 14.2 Å². The summed E-state index contributed by atoms with van der Waals surface area (Å²) in [6, 6.07) is 13.3. The number of nitrogens with zero attached hydrogens (tertiary/aromatic N) is 1. The summed E-state index contributed by atoms with van der Waals surface area (Å²) >= 11 is 3.59. The Hall–Kier alpha value is -1.56. The molecule has 2 heterocycles. The third kappa shape index (κ3) is 6.47. The Labute approximate surface area is 195 Å². The Morgan fingerprint density at radius 2 is 1.90 bits per heavy atom. The molecule has 1 fully saturated rings.